The lowest BCUT2D eigenvalue weighted by molar-refractivity contribution is 0.0951. The Morgan fingerprint density at radius 1 is 1.08 bits per heavy atom. The highest BCUT2D eigenvalue weighted by Gasteiger charge is 2.11. The Kier molecular flexibility index (Phi) is 5.22. The van der Waals surface area contributed by atoms with Gasteiger partial charge in [-0.05, 0) is 42.1 Å². The van der Waals surface area contributed by atoms with Crippen LogP contribution in [0.2, 0.25) is 0 Å². The van der Waals surface area contributed by atoms with Crippen molar-refractivity contribution in [2.24, 2.45) is 0 Å². The van der Waals surface area contributed by atoms with Gasteiger partial charge in [0.05, 0.1) is 25.3 Å². The Bertz CT molecular complexity index is 995. The maximum absolute atomic E-state index is 12.3. The number of fused-ring (bicyclic) bond motifs is 1. The maximum Gasteiger partial charge on any atom is 0.255 e. The third kappa shape index (κ3) is 3.69. The summed E-state index contributed by atoms with van der Waals surface area (Å²) in [6, 6.07) is 14.4. The molecule has 0 bridgehead atoms. The number of carbonyl (C=O) groups is 1. The first-order chi connectivity index (χ1) is 12.6. The van der Waals surface area contributed by atoms with E-state index in [9.17, 15) is 9.59 Å². The minimum atomic E-state index is -0.232. The molecule has 26 heavy (non-hydrogen) atoms. The number of methoxy groups -OCH3 is 2. The summed E-state index contributed by atoms with van der Waals surface area (Å²) in [4.78, 5) is 27.4. The molecule has 1 amide bonds. The monoisotopic (exact) mass is 352 g/mol. The van der Waals surface area contributed by atoms with E-state index in [1.54, 1.807) is 37.4 Å². The van der Waals surface area contributed by atoms with E-state index >= 15 is 0 Å². The number of rotatable bonds is 6. The zero-order valence-electron chi connectivity index (χ0n) is 14.7. The lowest BCUT2D eigenvalue weighted by atomic mass is 10.1. The number of nitrogens with one attached hydrogen (secondary N) is 2. The van der Waals surface area contributed by atoms with Crippen LogP contribution >= 0.6 is 0 Å². The van der Waals surface area contributed by atoms with Gasteiger partial charge in [-0.1, -0.05) is 12.1 Å². The van der Waals surface area contributed by atoms with E-state index in [2.05, 4.69) is 10.3 Å². The molecule has 0 atom stereocenters. The highest BCUT2D eigenvalue weighted by Crippen LogP contribution is 2.19. The molecule has 134 valence electrons. The van der Waals surface area contributed by atoms with Crippen LogP contribution in [-0.2, 0) is 6.42 Å². The number of para-hydroxylation sites is 1. The Morgan fingerprint density at radius 2 is 1.88 bits per heavy atom. The summed E-state index contributed by atoms with van der Waals surface area (Å²) in [6.45, 7) is 0.349. The fourth-order valence-electron chi connectivity index (χ4n) is 2.78. The molecule has 2 N–H and O–H groups in total. The highest BCUT2D eigenvalue weighted by atomic mass is 16.5. The van der Waals surface area contributed by atoms with Crippen molar-refractivity contribution in [2.45, 2.75) is 6.42 Å². The Hall–Kier alpha value is -3.28. The van der Waals surface area contributed by atoms with Crippen LogP contribution in [0.3, 0.4) is 0 Å². The van der Waals surface area contributed by atoms with Gasteiger partial charge in [-0.25, -0.2) is 0 Å². The normalized spacial score (nSPS) is 10.5. The topological polar surface area (TPSA) is 80.4 Å². The van der Waals surface area contributed by atoms with Crippen molar-refractivity contribution in [3.63, 3.8) is 0 Å². The van der Waals surface area contributed by atoms with E-state index in [-0.39, 0.29) is 11.5 Å². The zero-order valence-corrected chi connectivity index (χ0v) is 14.7. The first-order valence-corrected chi connectivity index (χ1v) is 8.23. The van der Waals surface area contributed by atoms with E-state index in [0.29, 0.717) is 35.6 Å². The van der Waals surface area contributed by atoms with Crippen molar-refractivity contribution in [3.05, 3.63) is 70.0 Å². The van der Waals surface area contributed by atoms with Gasteiger partial charge in [0.1, 0.15) is 11.5 Å². The molecule has 0 aliphatic rings. The van der Waals surface area contributed by atoms with Crippen LogP contribution in [0.4, 0.5) is 0 Å². The molecule has 3 rings (SSSR count). The first kappa shape index (κ1) is 17.5. The summed E-state index contributed by atoms with van der Waals surface area (Å²) in [6.07, 6.45) is 0.429. The molecule has 1 aromatic heterocycles. The number of ether oxygens (including phenoxy) is 2. The van der Waals surface area contributed by atoms with Crippen LogP contribution in [-0.4, -0.2) is 31.7 Å². The van der Waals surface area contributed by atoms with Gasteiger partial charge in [-0.2, -0.15) is 0 Å². The molecule has 3 aromatic rings. The minimum Gasteiger partial charge on any atom is -0.497 e. The van der Waals surface area contributed by atoms with Gasteiger partial charge in [-0.3, -0.25) is 9.59 Å². The predicted octanol–water partition coefficient (Wildman–Crippen LogP) is 2.52. The van der Waals surface area contributed by atoms with Crippen molar-refractivity contribution >= 4 is 16.8 Å². The Morgan fingerprint density at radius 3 is 2.65 bits per heavy atom. The number of H-pyrrole nitrogens is 1. The predicted molar refractivity (Wildman–Crippen MR) is 100 cm³/mol. The van der Waals surface area contributed by atoms with Crippen LogP contribution in [0.25, 0.3) is 10.9 Å². The summed E-state index contributed by atoms with van der Waals surface area (Å²) in [5, 5.41) is 3.74. The average Bonchev–Trinajstić information content (AvgIpc) is 2.67. The maximum atomic E-state index is 12.3. The standard InChI is InChI=1S/C20H20N2O4/c1-25-15-8-7-13-11-14(19(23)22-17(13)12-15)9-10-21-20(24)16-5-3-4-6-18(16)26-2/h3-8,11-12H,9-10H2,1-2H3,(H,21,24)(H,22,23). The Labute approximate surface area is 150 Å². The van der Waals surface area contributed by atoms with E-state index in [4.69, 9.17) is 9.47 Å². The molecular formula is C20H20N2O4. The molecule has 0 fully saturated rings. The SMILES string of the molecule is COc1ccc2cc(CCNC(=O)c3ccccc3OC)c(=O)[nH]c2c1. The number of aromatic amines is 1. The molecule has 0 saturated heterocycles. The summed E-state index contributed by atoms with van der Waals surface area (Å²) in [5.41, 5.74) is 1.63. The van der Waals surface area contributed by atoms with Gasteiger partial charge in [-0.15, -0.1) is 0 Å². The largest absolute Gasteiger partial charge is 0.497 e. The van der Waals surface area contributed by atoms with Crippen LogP contribution in [0, 0.1) is 0 Å². The molecule has 6 nitrogen and oxygen atoms in total. The smallest absolute Gasteiger partial charge is 0.255 e. The molecule has 0 aliphatic carbocycles. The second-order valence-corrected chi connectivity index (χ2v) is 5.78. The molecule has 2 aromatic carbocycles. The third-order valence-corrected chi connectivity index (χ3v) is 4.16. The first-order valence-electron chi connectivity index (χ1n) is 8.23. The van der Waals surface area contributed by atoms with Crippen molar-refractivity contribution in [1.82, 2.24) is 10.3 Å². The van der Waals surface area contributed by atoms with Gasteiger partial charge in [0.2, 0.25) is 0 Å². The number of amides is 1. The van der Waals surface area contributed by atoms with E-state index in [0.717, 1.165) is 10.9 Å². The average molecular weight is 352 g/mol. The van der Waals surface area contributed by atoms with Crippen molar-refractivity contribution < 1.29 is 14.3 Å². The second-order valence-electron chi connectivity index (χ2n) is 5.78. The number of carbonyl (C=O) groups excluding carboxylic acids is 1. The van der Waals surface area contributed by atoms with Crippen LogP contribution in [0.5, 0.6) is 11.5 Å². The molecule has 6 heteroatoms. The van der Waals surface area contributed by atoms with Crippen molar-refractivity contribution in [2.75, 3.05) is 20.8 Å². The minimum absolute atomic E-state index is 0.169. The number of aromatic nitrogens is 1. The van der Waals surface area contributed by atoms with Crippen molar-refractivity contribution in [3.8, 4) is 11.5 Å². The molecule has 0 spiro atoms. The number of benzene rings is 2. The molecular weight excluding hydrogens is 332 g/mol. The quantitative estimate of drug-likeness (QED) is 0.714. The summed E-state index contributed by atoms with van der Waals surface area (Å²) in [5.74, 6) is 0.969. The van der Waals surface area contributed by atoms with Crippen molar-refractivity contribution in [1.29, 1.82) is 0 Å². The molecule has 0 saturated carbocycles. The highest BCUT2D eigenvalue weighted by molar-refractivity contribution is 5.96. The Balaban J connectivity index is 1.70. The number of hydrogen-bond acceptors (Lipinski definition) is 4. The van der Waals surface area contributed by atoms with Gasteiger partial charge in [0.15, 0.2) is 0 Å². The number of pyridine rings is 1. The number of hydrogen-bond donors (Lipinski definition) is 2. The van der Waals surface area contributed by atoms with Gasteiger partial charge in [0.25, 0.3) is 11.5 Å². The molecule has 0 radical (unpaired) electrons. The van der Waals surface area contributed by atoms with Gasteiger partial charge >= 0.3 is 0 Å². The van der Waals surface area contributed by atoms with E-state index in [1.807, 2.05) is 18.2 Å². The molecule has 0 unspecified atom stereocenters. The van der Waals surface area contributed by atoms with E-state index < -0.39 is 0 Å². The molecule has 1 heterocycles. The second kappa shape index (κ2) is 7.74. The summed E-state index contributed by atoms with van der Waals surface area (Å²) in [7, 11) is 3.10. The zero-order chi connectivity index (χ0) is 18.5. The lowest BCUT2D eigenvalue weighted by Gasteiger charge is -2.09. The van der Waals surface area contributed by atoms with Gasteiger partial charge in [0, 0.05) is 18.2 Å². The summed E-state index contributed by atoms with van der Waals surface area (Å²) < 4.78 is 10.4. The lowest BCUT2D eigenvalue weighted by Crippen LogP contribution is -2.27. The van der Waals surface area contributed by atoms with E-state index in [1.165, 1.54) is 7.11 Å². The fraction of sp³-hybridized carbons (Fsp3) is 0.200. The molecule has 0 aliphatic heterocycles. The van der Waals surface area contributed by atoms with Crippen LogP contribution < -0.4 is 20.3 Å². The van der Waals surface area contributed by atoms with Gasteiger partial charge < -0.3 is 19.8 Å². The van der Waals surface area contributed by atoms with Crippen LogP contribution in [0.15, 0.2) is 53.3 Å². The van der Waals surface area contributed by atoms with Crippen LogP contribution in [0.1, 0.15) is 15.9 Å². The third-order valence-electron chi connectivity index (χ3n) is 4.16. The fourth-order valence-corrected chi connectivity index (χ4v) is 2.78. The summed E-state index contributed by atoms with van der Waals surface area (Å²) >= 11 is 0.